The molecule has 0 aromatic heterocycles. The van der Waals surface area contributed by atoms with Gasteiger partial charge >= 0.3 is 163 Å². The molecule has 0 heterocycles. The van der Waals surface area contributed by atoms with Gasteiger partial charge in [-0.2, -0.15) is 0 Å². The molecule has 0 spiro atoms. The molecule has 28 heavy (non-hydrogen) atoms. The number of allylic oxidation sites excluding steroid dienone is 1. The number of hydrogen-bond acceptors (Lipinski definition) is 0. The number of benzene rings is 3. The van der Waals surface area contributed by atoms with Crippen LogP contribution in [0.15, 0.2) is 78.9 Å². The Morgan fingerprint density at radius 1 is 0.679 bits per heavy atom. The Morgan fingerprint density at radius 2 is 1.18 bits per heavy atom. The van der Waals surface area contributed by atoms with Gasteiger partial charge in [-0.15, -0.1) is 24.8 Å². The van der Waals surface area contributed by atoms with Crippen molar-refractivity contribution in [1.29, 1.82) is 0 Å². The van der Waals surface area contributed by atoms with Crippen molar-refractivity contribution in [2.45, 2.75) is 21.5 Å². The molecule has 3 aromatic carbocycles. The van der Waals surface area contributed by atoms with Crippen LogP contribution in [-0.2, 0) is 16.6 Å². The van der Waals surface area contributed by atoms with Crippen LogP contribution >= 0.6 is 24.8 Å². The molecule has 1 unspecified atom stereocenters. The van der Waals surface area contributed by atoms with Crippen LogP contribution < -0.4 is 0 Å². The first-order valence-corrected chi connectivity index (χ1v) is 16.0. The third kappa shape index (κ3) is 3.38. The van der Waals surface area contributed by atoms with Gasteiger partial charge in [-0.1, -0.05) is 0 Å². The maximum absolute atomic E-state index is 2.57. The second-order valence-electron chi connectivity index (χ2n) is 7.53. The van der Waals surface area contributed by atoms with Crippen molar-refractivity contribution in [2.24, 2.45) is 0 Å². The summed E-state index contributed by atoms with van der Waals surface area (Å²) < 4.78 is 1.37. The molecule has 0 fully saturated rings. The molecule has 142 valence electrons. The second kappa shape index (κ2) is 8.73. The van der Waals surface area contributed by atoms with E-state index in [-0.39, 0.29) is 31.0 Å². The Hall–Kier alpha value is -1.09. The molecule has 2 aliphatic rings. The van der Waals surface area contributed by atoms with Crippen molar-refractivity contribution in [3.8, 4) is 11.1 Å². The molecule has 0 bridgehead atoms. The molecule has 0 saturated carbocycles. The fourth-order valence-electron chi connectivity index (χ4n) is 4.79. The van der Waals surface area contributed by atoms with E-state index in [4.69, 9.17) is 0 Å². The minimum atomic E-state index is -1.46. The molecule has 1 atom stereocenters. The molecule has 0 nitrogen and oxygen atoms in total. The summed E-state index contributed by atoms with van der Waals surface area (Å²) in [7, 11) is 0. The second-order valence-corrected chi connectivity index (χ2v) is 19.9. The van der Waals surface area contributed by atoms with E-state index in [0.717, 1.165) is 0 Å². The molecule has 3 aromatic rings. The van der Waals surface area contributed by atoms with E-state index in [2.05, 4.69) is 98.0 Å². The molecule has 2 aliphatic carbocycles. The zero-order valence-electron chi connectivity index (χ0n) is 16.1. The van der Waals surface area contributed by atoms with Gasteiger partial charge in [0, 0.05) is 0 Å². The molecule has 0 aliphatic heterocycles. The fraction of sp³-hybridized carbons (Fsp3) is 0.167. The van der Waals surface area contributed by atoms with E-state index in [1.54, 1.807) is 16.7 Å². The summed E-state index contributed by atoms with van der Waals surface area (Å²) >= 11 is -1.46. The van der Waals surface area contributed by atoms with Gasteiger partial charge in [0.05, 0.1) is 0 Å². The van der Waals surface area contributed by atoms with Crippen LogP contribution in [0.5, 0.6) is 0 Å². The quantitative estimate of drug-likeness (QED) is 0.355. The average molecular weight is 459 g/mol. The number of fused-ring (bicyclic) bond motifs is 4. The zero-order chi connectivity index (χ0) is 17.7. The molecular weight excluding hydrogens is 435 g/mol. The maximum atomic E-state index is 2.57. The van der Waals surface area contributed by atoms with Crippen molar-refractivity contribution in [1.82, 2.24) is 0 Å². The first-order chi connectivity index (χ1) is 12.8. The maximum Gasteiger partial charge on any atom is -0.147 e. The van der Waals surface area contributed by atoms with Gasteiger partial charge in [0.1, 0.15) is 0 Å². The van der Waals surface area contributed by atoms with Crippen LogP contribution in [0.25, 0.3) is 17.2 Å². The van der Waals surface area contributed by atoms with Gasteiger partial charge in [-0.05, 0) is 0 Å². The van der Waals surface area contributed by atoms with Crippen LogP contribution in [0.4, 0.5) is 0 Å². The molecule has 0 saturated heterocycles. The predicted molar refractivity (Wildman–Crippen MR) is 124 cm³/mol. The molecule has 4 heteroatoms. The Balaban J connectivity index is 0.00000112. The molecule has 5 rings (SSSR count). The normalized spacial score (nSPS) is 15.7. The van der Waals surface area contributed by atoms with Crippen molar-refractivity contribution in [3.63, 3.8) is 0 Å². The van der Waals surface area contributed by atoms with Gasteiger partial charge in [0.2, 0.25) is 0 Å². The average Bonchev–Trinajstić information content (AvgIpc) is 3.23. The fourth-order valence-corrected chi connectivity index (χ4v) is 17.7. The first-order valence-electron chi connectivity index (χ1n) is 9.38. The Labute approximate surface area is 186 Å². The number of halogens is 2. The summed E-state index contributed by atoms with van der Waals surface area (Å²) in [5, 5.41) is 0. The Bertz CT molecular complexity index is 1040. The standard InChI is InChI=1S/C13H9.C9H7.C2H6Si.2ClH.Ti/c1-3-7-12-10(5-1)9-11-6-2-4-8-13(11)12;1-2-5-9-7-3-6-8(9)4-1;1-3-2;;;/h1-9H;1-7H;1-2H3;2*1H;. The van der Waals surface area contributed by atoms with Gasteiger partial charge in [-0.3, -0.25) is 0 Å². The first kappa shape index (κ1) is 21.6. The number of rotatable bonds is 2. The van der Waals surface area contributed by atoms with E-state index in [1.165, 1.54) is 16.7 Å². The number of hydrogen-bond donors (Lipinski definition) is 0. The largest absolute Gasteiger partial charge is 0.147 e. The van der Waals surface area contributed by atoms with Crippen molar-refractivity contribution < 1.29 is 16.6 Å². The third-order valence-electron chi connectivity index (χ3n) is 5.86. The van der Waals surface area contributed by atoms with Crippen LogP contribution in [0.3, 0.4) is 0 Å². The van der Waals surface area contributed by atoms with Crippen molar-refractivity contribution >= 4 is 37.1 Å². The van der Waals surface area contributed by atoms with Crippen molar-refractivity contribution in [2.75, 3.05) is 0 Å². The third-order valence-corrected chi connectivity index (χ3v) is 18.7. The monoisotopic (exact) mass is 458 g/mol. The van der Waals surface area contributed by atoms with E-state index < -0.39 is 16.6 Å². The van der Waals surface area contributed by atoms with Crippen LogP contribution in [0.1, 0.15) is 30.7 Å². The summed E-state index contributed by atoms with van der Waals surface area (Å²) in [5.41, 5.74) is 9.22. The van der Waals surface area contributed by atoms with Crippen LogP contribution in [0.2, 0.25) is 13.1 Å². The molecule has 0 radical (unpaired) electrons. The molecule has 0 N–H and O–H groups in total. The van der Waals surface area contributed by atoms with Crippen LogP contribution in [0, 0.1) is 0 Å². The van der Waals surface area contributed by atoms with Gasteiger partial charge < -0.3 is 0 Å². The SMILES string of the molecule is C[Si](C)=[Ti]([CH]1C=Cc2ccccc21)[CH]1c2ccccc2-c2ccccc21.Cl.Cl. The van der Waals surface area contributed by atoms with Gasteiger partial charge in [-0.25, -0.2) is 0 Å². The van der Waals surface area contributed by atoms with E-state index in [0.29, 0.717) is 8.45 Å². The summed E-state index contributed by atoms with van der Waals surface area (Å²) in [6.45, 7) is 5.14. The summed E-state index contributed by atoms with van der Waals surface area (Å²) in [6, 6.07) is 27.4. The predicted octanol–water partition coefficient (Wildman–Crippen LogP) is 7.24. The smallest absolute Gasteiger partial charge is 0.147 e. The topological polar surface area (TPSA) is 0 Å². The summed E-state index contributed by atoms with van der Waals surface area (Å²) in [4.78, 5) is 0. The minimum absolute atomic E-state index is 0. The Kier molecular flexibility index (Phi) is 6.74. The van der Waals surface area contributed by atoms with Gasteiger partial charge in [0.15, 0.2) is 0 Å². The minimum Gasteiger partial charge on any atom is -0.147 e. The molecular formula is C24H24Cl2SiTi. The Morgan fingerprint density at radius 3 is 1.75 bits per heavy atom. The van der Waals surface area contributed by atoms with Gasteiger partial charge in [0.25, 0.3) is 0 Å². The summed E-state index contributed by atoms with van der Waals surface area (Å²) in [5.74, 6) is 0. The van der Waals surface area contributed by atoms with Crippen LogP contribution in [-0.4, -0.2) is 6.19 Å². The van der Waals surface area contributed by atoms with Crippen molar-refractivity contribution in [3.05, 3.63) is 101 Å². The molecule has 0 amide bonds. The van der Waals surface area contributed by atoms with E-state index in [1.807, 2.05) is 0 Å². The summed E-state index contributed by atoms with van der Waals surface area (Å²) in [6.07, 6.45) is 4.57. The zero-order valence-corrected chi connectivity index (χ0v) is 20.2. The van der Waals surface area contributed by atoms with E-state index in [9.17, 15) is 0 Å². The van der Waals surface area contributed by atoms with E-state index >= 15 is 0 Å².